The van der Waals surface area contributed by atoms with Gasteiger partial charge in [0.05, 0.1) is 12.2 Å². The molecular weight excluding hydrogens is 238 g/mol. The van der Waals surface area contributed by atoms with Gasteiger partial charge in [0, 0.05) is 30.7 Å². The topological polar surface area (TPSA) is 43.0 Å². The van der Waals surface area contributed by atoms with Crippen LogP contribution in [0, 0.1) is 6.92 Å². The van der Waals surface area contributed by atoms with Gasteiger partial charge in [0.25, 0.3) is 0 Å². The second-order valence-electron chi connectivity index (χ2n) is 4.77. The molecule has 0 radical (unpaired) electrons. The standard InChI is InChI=1S/C15H17N3O/c1-11-13(10-18(2)17-11)8-16-9-14-7-12-5-3-4-6-15(12)19-14/h3-7,10,16H,8-9H2,1-2H3. The Morgan fingerprint density at radius 3 is 2.84 bits per heavy atom. The van der Waals surface area contributed by atoms with Crippen molar-refractivity contribution in [1.82, 2.24) is 15.1 Å². The van der Waals surface area contributed by atoms with Crippen molar-refractivity contribution in [1.29, 1.82) is 0 Å². The Morgan fingerprint density at radius 1 is 1.26 bits per heavy atom. The molecule has 0 fully saturated rings. The van der Waals surface area contributed by atoms with Gasteiger partial charge in [-0.25, -0.2) is 0 Å². The number of nitrogens with zero attached hydrogens (tertiary/aromatic N) is 2. The number of rotatable bonds is 4. The number of hydrogen-bond donors (Lipinski definition) is 1. The summed E-state index contributed by atoms with van der Waals surface area (Å²) in [5.74, 6) is 0.961. The first kappa shape index (κ1) is 12.0. The molecule has 98 valence electrons. The van der Waals surface area contributed by atoms with E-state index in [1.165, 1.54) is 5.56 Å². The number of aryl methyl sites for hydroxylation is 2. The second kappa shape index (κ2) is 4.90. The molecule has 0 unspecified atom stereocenters. The molecule has 1 aromatic carbocycles. The van der Waals surface area contributed by atoms with Crippen LogP contribution >= 0.6 is 0 Å². The number of nitrogens with one attached hydrogen (secondary N) is 1. The molecule has 2 aromatic heterocycles. The minimum atomic E-state index is 0.725. The zero-order valence-electron chi connectivity index (χ0n) is 11.2. The lowest BCUT2D eigenvalue weighted by Crippen LogP contribution is -2.12. The number of fused-ring (bicyclic) bond motifs is 1. The maximum absolute atomic E-state index is 5.76. The Kier molecular flexibility index (Phi) is 3.09. The van der Waals surface area contributed by atoms with Gasteiger partial charge in [-0.05, 0) is 19.1 Å². The molecule has 4 heteroatoms. The van der Waals surface area contributed by atoms with Crippen LogP contribution in [0.15, 0.2) is 40.9 Å². The smallest absolute Gasteiger partial charge is 0.134 e. The fraction of sp³-hybridized carbons (Fsp3) is 0.267. The molecule has 1 N–H and O–H groups in total. The van der Waals surface area contributed by atoms with E-state index in [9.17, 15) is 0 Å². The Hall–Kier alpha value is -2.07. The van der Waals surface area contributed by atoms with Crippen molar-refractivity contribution in [2.45, 2.75) is 20.0 Å². The highest BCUT2D eigenvalue weighted by Gasteiger charge is 2.05. The van der Waals surface area contributed by atoms with Gasteiger partial charge in [0.1, 0.15) is 11.3 Å². The van der Waals surface area contributed by atoms with Crippen molar-refractivity contribution in [3.05, 3.63) is 53.5 Å². The number of hydrogen-bond acceptors (Lipinski definition) is 3. The molecule has 2 heterocycles. The largest absolute Gasteiger partial charge is 0.460 e. The second-order valence-corrected chi connectivity index (χ2v) is 4.77. The predicted molar refractivity (Wildman–Crippen MR) is 74.7 cm³/mol. The quantitative estimate of drug-likeness (QED) is 0.779. The minimum Gasteiger partial charge on any atom is -0.460 e. The van der Waals surface area contributed by atoms with Crippen molar-refractivity contribution in [2.75, 3.05) is 0 Å². The first-order chi connectivity index (χ1) is 9.22. The van der Waals surface area contributed by atoms with E-state index < -0.39 is 0 Å². The maximum Gasteiger partial charge on any atom is 0.134 e. The summed E-state index contributed by atoms with van der Waals surface area (Å²) in [6.45, 7) is 3.55. The van der Waals surface area contributed by atoms with Crippen LogP contribution in [0.1, 0.15) is 17.0 Å². The van der Waals surface area contributed by atoms with Gasteiger partial charge >= 0.3 is 0 Å². The van der Waals surface area contributed by atoms with E-state index in [4.69, 9.17) is 4.42 Å². The summed E-state index contributed by atoms with van der Waals surface area (Å²) in [5, 5.41) is 8.86. The molecule has 3 aromatic rings. The molecule has 0 spiro atoms. The van der Waals surface area contributed by atoms with Gasteiger partial charge < -0.3 is 9.73 Å². The summed E-state index contributed by atoms with van der Waals surface area (Å²) < 4.78 is 7.60. The van der Waals surface area contributed by atoms with Gasteiger partial charge in [0.15, 0.2) is 0 Å². The highest BCUT2D eigenvalue weighted by molar-refractivity contribution is 5.77. The molecule has 0 aliphatic rings. The van der Waals surface area contributed by atoms with Crippen molar-refractivity contribution >= 4 is 11.0 Å². The highest BCUT2D eigenvalue weighted by Crippen LogP contribution is 2.18. The Labute approximate surface area is 112 Å². The van der Waals surface area contributed by atoms with Crippen LogP contribution in [0.5, 0.6) is 0 Å². The lowest BCUT2D eigenvalue weighted by atomic mass is 10.2. The lowest BCUT2D eigenvalue weighted by Gasteiger charge is -2.00. The molecule has 0 saturated heterocycles. The van der Waals surface area contributed by atoms with Crippen LogP contribution < -0.4 is 5.32 Å². The molecular formula is C15H17N3O. The summed E-state index contributed by atoms with van der Waals surface area (Å²) in [7, 11) is 1.94. The van der Waals surface area contributed by atoms with E-state index in [2.05, 4.69) is 22.5 Å². The molecule has 4 nitrogen and oxygen atoms in total. The summed E-state index contributed by atoms with van der Waals surface area (Å²) in [6, 6.07) is 10.1. The first-order valence-corrected chi connectivity index (χ1v) is 6.39. The third-order valence-electron chi connectivity index (χ3n) is 3.21. The highest BCUT2D eigenvalue weighted by atomic mass is 16.3. The van der Waals surface area contributed by atoms with E-state index >= 15 is 0 Å². The third kappa shape index (κ3) is 2.53. The van der Waals surface area contributed by atoms with Crippen LogP contribution in [0.2, 0.25) is 0 Å². The zero-order chi connectivity index (χ0) is 13.2. The first-order valence-electron chi connectivity index (χ1n) is 6.39. The fourth-order valence-corrected chi connectivity index (χ4v) is 2.27. The van der Waals surface area contributed by atoms with Gasteiger partial charge in [-0.2, -0.15) is 5.10 Å². The Bertz CT molecular complexity index is 663. The molecule has 0 saturated carbocycles. The van der Waals surface area contributed by atoms with Crippen molar-refractivity contribution in [3.63, 3.8) is 0 Å². The molecule has 0 amide bonds. The van der Waals surface area contributed by atoms with Crippen LogP contribution in [0.4, 0.5) is 0 Å². The van der Waals surface area contributed by atoms with E-state index in [0.29, 0.717) is 0 Å². The van der Waals surface area contributed by atoms with Crippen LogP contribution in [-0.2, 0) is 20.1 Å². The van der Waals surface area contributed by atoms with Crippen LogP contribution in [-0.4, -0.2) is 9.78 Å². The summed E-state index contributed by atoms with van der Waals surface area (Å²) in [4.78, 5) is 0. The number of benzene rings is 1. The Morgan fingerprint density at radius 2 is 2.11 bits per heavy atom. The molecule has 19 heavy (non-hydrogen) atoms. The van der Waals surface area contributed by atoms with Crippen LogP contribution in [0.25, 0.3) is 11.0 Å². The van der Waals surface area contributed by atoms with E-state index in [1.807, 2.05) is 43.0 Å². The van der Waals surface area contributed by atoms with Crippen molar-refractivity contribution in [2.24, 2.45) is 7.05 Å². The Balaban J connectivity index is 1.64. The van der Waals surface area contributed by atoms with Gasteiger partial charge in [0.2, 0.25) is 0 Å². The molecule has 0 aliphatic carbocycles. The van der Waals surface area contributed by atoms with Gasteiger partial charge in [-0.15, -0.1) is 0 Å². The summed E-state index contributed by atoms with van der Waals surface area (Å²) in [5.41, 5.74) is 3.23. The number of para-hydroxylation sites is 1. The molecule has 0 aliphatic heterocycles. The number of furan rings is 1. The van der Waals surface area contributed by atoms with Crippen molar-refractivity contribution in [3.8, 4) is 0 Å². The average Bonchev–Trinajstić information content (AvgIpc) is 2.92. The van der Waals surface area contributed by atoms with Crippen molar-refractivity contribution < 1.29 is 4.42 Å². The van der Waals surface area contributed by atoms with E-state index in [-0.39, 0.29) is 0 Å². The molecule has 0 atom stereocenters. The third-order valence-corrected chi connectivity index (χ3v) is 3.21. The minimum absolute atomic E-state index is 0.725. The average molecular weight is 255 g/mol. The predicted octanol–water partition coefficient (Wildman–Crippen LogP) is 2.76. The van der Waals surface area contributed by atoms with Crippen LogP contribution in [0.3, 0.4) is 0 Å². The zero-order valence-corrected chi connectivity index (χ0v) is 11.2. The fourth-order valence-electron chi connectivity index (χ4n) is 2.27. The molecule has 3 rings (SSSR count). The molecule has 0 bridgehead atoms. The lowest BCUT2D eigenvalue weighted by molar-refractivity contribution is 0.513. The summed E-state index contributed by atoms with van der Waals surface area (Å²) >= 11 is 0. The normalized spacial score (nSPS) is 11.3. The maximum atomic E-state index is 5.76. The monoisotopic (exact) mass is 255 g/mol. The SMILES string of the molecule is Cc1nn(C)cc1CNCc1cc2ccccc2o1. The van der Waals surface area contributed by atoms with Gasteiger partial charge in [-0.3, -0.25) is 4.68 Å². The van der Waals surface area contributed by atoms with E-state index in [1.54, 1.807) is 0 Å². The van der Waals surface area contributed by atoms with Gasteiger partial charge in [-0.1, -0.05) is 18.2 Å². The summed E-state index contributed by atoms with van der Waals surface area (Å²) in [6.07, 6.45) is 2.04. The number of aromatic nitrogens is 2. The van der Waals surface area contributed by atoms with E-state index in [0.717, 1.165) is 35.5 Å².